The fraction of sp³-hybridized carbons (Fsp3) is 0.381. The van der Waals surface area contributed by atoms with Gasteiger partial charge in [0.2, 0.25) is 0 Å². The zero-order chi connectivity index (χ0) is 17.0. The van der Waals surface area contributed by atoms with E-state index in [2.05, 4.69) is 91.0 Å². The number of benzene rings is 2. The zero-order valence-electron chi connectivity index (χ0n) is 14.3. The van der Waals surface area contributed by atoms with E-state index in [1.807, 2.05) is 0 Å². The van der Waals surface area contributed by atoms with Crippen LogP contribution in [0.1, 0.15) is 44.2 Å². The third-order valence-corrected chi connectivity index (χ3v) is 5.74. The molecule has 0 fully saturated rings. The van der Waals surface area contributed by atoms with Crippen LogP contribution in [-0.4, -0.2) is 18.5 Å². The minimum atomic E-state index is -0.347. The number of halogens is 1. The lowest BCUT2D eigenvalue weighted by atomic mass is 9.76. The van der Waals surface area contributed by atoms with Crippen LogP contribution < -0.4 is 0 Å². The van der Waals surface area contributed by atoms with Crippen LogP contribution in [0.2, 0.25) is 0 Å². The van der Waals surface area contributed by atoms with Gasteiger partial charge in [-0.25, -0.2) is 4.99 Å². The van der Waals surface area contributed by atoms with E-state index < -0.39 is 0 Å². The first-order valence-corrected chi connectivity index (χ1v) is 9.75. The number of nitrogens with zero attached hydrogens (tertiary/aromatic N) is 1. The summed E-state index contributed by atoms with van der Waals surface area (Å²) in [7, 11) is 0. The van der Waals surface area contributed by atoms with E-state index >= 15 is 0 Å². The Balaban J connectivity index is 2.06. The summed E-state index contributed by atoms with van der Waals surface area (Å²) in [6.07, 6.45) is 3.51. The van der Waals surface area contributed by atoms with Crippen molar-refractivity contribution in [1.29, 1.82) is 0 Å². The number of hydrogen-bond donors (Lipinski definition) is 0. The fourth-order valence-corrected chi connectivity index (χ4v) is 4.24. The molecular weight excluding hydrogens is 409 g/mol. The molecule has 24 heavy (non-hydrogen) atoms. The average Bonchev–Trinajstić information content (AvgIpc) is 3.10. The molecule has 1 heterocycles. The van der Waals surface area contributed by atoms with Gasteiger partial charge in [0, 0.05) is 3.57 Å². The minimum absolute atomic E-state index is 0.296. The molecule has 0 aliphatic carbocycles. The fourth-order valence-electron chi connectivity index (χ4n) is 3.31. The van der Waals surface area contributed by atoms with Crippen LogP contribution in [0.3, 0.4) is 0 Å². The van der Waals surface area contributed by atoms with Gasteiger partial charge in [0.1, 0.15) is 6.61 Å². The lowest BCUT2D eigenvalue weighted by Gasteiger charge is -2.31. The third-order valence-electron chi connectivity index (χ3n) is 4.79. The summed E-state index contributed by atoms with van der Waals surface area (Å²) >= 11 is 2.42. The van der Waals surface area contributed by atoms with Gasteiger partial charge in [0.25, 0.3) is 0 Å². The van der Waals surface area contributed by atoms with E-state index in [0.29, 0.717) is 12.6 Å². The Morgan fingerprint density at radius 3 is 2.54 bits per heavy atom. The monoisotopic (exact) mass is 433 g/mol. The quantitative estimate of drug-likeness (QED) is 0.545. The van der Waals surface area contributed by atoms with E-state index in [0.717, 1.165) is 12.3 Å². The summed E-state index contributed by atoms with van der Waals surface area (Å²) in [6.45, 7) is 5.17. The van der Waals surface area contributed by atoms with Crippen LogP contribution in [-0.2, 0) is 10.2 Å². The molecule has 1 aliphatic rings. The smallest absolute Gasteiger partial charge is 0.199 e. The zero-order valence-corrected chi connectivity index (χ0v) is 16.5. The molecule has 126 valence electrons. The van der Waals surface area contributed by atoms with E-state index in [9.17, 15) is 0 Å². The number of ether oxygens (including phenoxy) is 1. The second kappa shape index (κ2) is 7.68. The summed E-state index contributed by atoms with van der Waals surface area (Å²) in [6, 6.07) is 19.4. The summed E-state index contributed by atoms with van der Waals surface area (Å²) in [4.78, 5) is 4.98. The topological polar surface area (TPSA) is 21.6 Å². The second-order valence-electron chi connectivity index (χ2n) is 6.51. The van der Waals surface area contributed by atoms with Crippen LogP contribution >= 0.6 is 22.6 Å². The van der Waals surface area contributed by atoms with Gasteiger partial charge in [-0.3, -0.25) is 0 Å². The molecule has 0 amide bonds. The average molecular weight is 433 g/mol. The number of unbranched alkanes of at least 4 members (excludes halogenated alkanes) is 1. The minimum Gasteiger partial charge on any atom is -0.478 e. The van der Waals surface area contributed by atoms with Crippen LogP contribution in [0.4, 0.5) is 0 Å². The highest BCUT2D eigenvalue weighted by Crippen LogP contribution is 2.38. The highest BCUT2D eigenvalue weighted by molar-refractivity contribution is 14.1. The molecule has 0 radical (unpaired) electrons. The normalized spacial score (nSPS) is 19.5. The molecule has 2 aromatic carbocycles. The maximum Gasteiger partial charge on any atom is 0.199 e. The van der Waals surface area contributed by atoms with Gasteiger partial charge in [-0.15, -0.1) is 0 Å². The predicted molar refractivity (Wildman–Crippen MR) is 109 cm³/mol. The Morgan fingerprint density at radius 1 is 1.12 bits per heavy atom. The van der Waals surface area contributed by atoms with Crippen molar-refractivity contribution < 1.29 is 4.74 Å². The van der Waals surface area contributed by atoms with E-state index in [4.69, 9.17) is 9.73 Å². The first-order chi connectivity index (χ1) is 11.7. The van der Waals surface area contributed by atoms with Crippen LogP contribution in [0.15, 0.2) is 59.6 Å². The Kier molecular flexibility index (Phi) is 5.59. The molecule has 2 nitrogen and oxygen atoms in total. The molecule has 3 heteroatoms. The Morgan fingerprint density at radius 2 is 1.83 bits per heavy atom. The Labute approximate surface area is 158 Å². The predicted octanol–water partition coefficient (Wildman–Crippen LogP) is 5.58. The third kappa shape index (κ3) is 3.37. The summed E-state index contributed by atoms with van der Waals surface area (Å²) < 4.78 is 7.38. The summed E-state index contributed by atoms with van der Waals surface area (Å²) in [5.74, 6) is 0.860. The number of aliphatic imine (C=N–C) groups is 1. The van der Waals surface area contributed by atoms with E-state index in [1.165, 1.54) is 27.5 Å². The van der Waals surface area contributed by atoms with E-state index in [1.54, 1.807) is 0 Å². The molecule has 1 aliphatic heterocycles. The summed E-state index contributed by atoms with van der Waals surface area (Å²) in [5, 5.41) is 0. The lowest BCUT2D eigenvalue weighted by molar-refractivity contribution is 0.292. The number of hydrogen-bond acceptors (Lipinski definition) is 2. The Hall–Kier alpha value is -1.36. The molecular formula is C21H24INO. The maximum absolute atomic E-state index is 6.14. The first kappa shape index (κ1) is 17.5. The van der Waals surface area contributed by atoms with Crippen molar-refractivity contribution in [2.45, 2.75) is 44.6 Å². The number of rotatable bonds is 6. The SMILES string of the molecule is CCCCC1COC(C(C)(c2ccccc2)c2ccccc2I)=N1. The van der Waals surface area contributed by atoms with Crippen molar-refractivity contribution in [3.8, 4) is 0 Å². The van der Waals surface area contributed by atoms with Crippen molar-refractivity contribution >= 4 is 28.5 Å². The van der Waals surface area contributed by atoms with Gasteiger partial charge in [0.05, 0.1) is 11.5 Å². The molecule has 0 aromatic heterocycles. The molecule has 0 spiro atoms. The largest absolute Gasteiger partial charge is 0.478 e. The molecule has 0 bridgehead atoms. The van der Waals surface area contributed by atoms with Crippen molar-refractivity contribution in [2.75, 3.05) is 6.61 Å². The first-order valence-electron chi connectivity index (χ1n) is 8.68. The Bertz CT molecular complexity index is 713. The molecule has 3 rings (SSSR count). The van der Waals surface area contributed by atoms with Crippen molar-refractivity contribution in [3.05, 3.63) is 69.3 Å². The molecule has 0 saturated heterocycles. The van der Waals surface area contributed by atoms with Crippen molar-refractivity contribution in [3.63, 3.8) is 0 Å². The molecule has 0 saturated carbocycles. The van der Waals surface area contributed by atoms with Gasteiger partial charge >= 0.3 is 0 Å². The van der Waals surface area contributed by atoms with Crippen LogP contribution in [0.5, 0.6) is 0 Å². The molecule has 2 unspecified atom stereocenters. The van der Waals surface area contributed by atoms with Gasteiger partial charge in [-0.1, -0.05) is 68.3 Å². The molecule has 2 aromatic rings. The van der Waals surface area contributed by atoms with Crippen LogP contribution in [0.25, 0.3) is 0 Å². The second-order valence-corrected chi connectivity index (χ2v) is 7.67. The van der Waals surface area contributed by atoms with Gasteiger partial charge < -0.3 is 4.74 Å². The highest BCUT2D eigenvalue weighted by Gasteiger charge is 2.40. The van der Waals surface area contributed by atoms with Gasteiger partial charge in [-0.2, -0.15) is 0 Å². The van der Waals surface area contributed by atoms with Crippen LogP contribution in [0, 0.1) is 3.57 Å². The lowest BCUT2D eigenvalue weighted by Crippen LogP contribution is -2.35. The van der Waals surface area contributed by atoms with Gasteiger partial charge in [0.15, 0.2) is 5.90 Å². The van der Waals surface area contributed by atoms with Crippen molar-refractivity contribution in [2.24, 2.45) is 4.99 Å². The standard InChI is InChI=1S/C21H24INO/c1-3-4-12-17-15-24-20(23-17)21(2,16-10-6-5-7-11-16)18-13-8-9-14-19(18)22/h5-11,13-14,17H,3-4,12,15H2,1-2H3. The summed E-state index contributed by atoms with van der Waals surface area (Å²) in [5.41, 5.74) is 2.13. The molecule has 2 atom stereocenters. The molecule has 0 N–H and O–H groups in total. The van der Waals surface area contributed by atoms with Gasteiger partial charge in [-0.05, 0) is 53.1 Å². The van der Waals surface area contributed by atoms with Crippen molar-refractivity contribution in [1.82, 2.24) is 0 Å². The maximum atomic E-state index is 6.14. The highest BCUT2D eigenvalue weighted by atomic mass is 127. The van der Waals surface area contributed by atoms with E-state index in [-0.39, 0.29) is 5.41 Å².